The largest absolute Gasteiger partial charge is 0.355 e. The molecule has 1 aromatic heterocycles. The van der Waals surface area contributed by atoms with Crippen LogP contribution in [0.15, 0.2) is 72.8 Å². The van der Waals surface area contributed by atoms with Crippen molar-refractivity contribution < 1.29 is 4.79 Å². The van der Waals surface area contributed by atoms with E-state index in [1.807, 2.05) is 72.8 Å². The molecule has 0 fully saturated rings. The summed E-state index contributed by atoms with van der Waals surface area (Å²) in [6.45, 7) is 1.03. The topological polar surface area (TPSA) is 46.9 Å². The van der Waals surface area contributed by atoms with Gasteiger partial charge in [0.15, 0.2) is 0 Å². The Kier molecular flexibility index (Phi) is 6.36. The zero-order valence-electron chi connectivity index (χ0n) is 16.3. The monoisotopic (exact) mass is 437 g/mol. The number of hydrogen-bond acceptors (Lipinski definition) is 2. The van der Waals surface area contributed by atoms with Gasteiger partial charge in [-0.1, -0.05) is 71.7 Å². The molecule has 0 radical (unpaired) electrons. The maximum atomic E-state index is 12.3. The quantitative estimate of drug-likeness (QED) is 0.426. The maximum absolute atomic E-state index is 12.3. The van der Waals surface area contributed by atoms with E-state index in [0.717, 1.165) is 28.0 Å². The van der Waals surface area contributed by atoms with Crippen LogP contribution in [0.5, 0.6) is 0 Å². The molecular weight excluding hydrogens is 417 g/mol. The number of imidazole rings is 1. The lowest BCUT2D eigenvalue weighted by Crippen LogP contribution is -2.28. The Balaban J connectivity index is 1.51. The van der Waals surface area contributed by atoms with E-state index in [0.29, 0.717) is 36.0 Å². The minimum absolute atomic E-state index is 0.00184. The summed E-state index contributed by atoms with van der Waals surface area (Å²) in [7, 11) is 0. The fourth-order valence-electron chi connectivity index (χ4n) is 3.49. The van der Waals surface area contributed by atoms with Gasteiger partial charge in [-0.15, -0.1) is 0 Å². The van der Waals surface area contributed by atoms with Crippen LogP contribution in [0.3, 0.4) is 0 Å². The predicted octanol–water partition coefficient (Wildman–Crippen LogP) is 5.29. The highest BCUT2D eigenvalue weighted by atomic mass is 35.5. The molecule has 0 atom stereocenters. The van der Waals surface area contributed by atoms with Crippen molar-refractivity contribution in [2.24, 2.45) is 0 Å². The van der Waals surface area contributed by atoms with Crippen LogP contribution < -0.4 is 5.32 Å². The molecule has 30 heavy (non-hydrogen) atoms. The van der Waals surface area contributed by atoms with E-state index in [2.05, 4.69) is 9.88 Å². The minimum atomic E-state index is -0.00184. The van der Waals surface area contributed by atoms with E-state index >= 15 is 0 Å². The molecule has 0 bridgehead atoms. The van der Waals surface area contributed by atoms with Gasteiger partial charge in [-0.3, -0.25) is 4.79 Å². The first-order valence-electron chi connectivity index (χ1n) is 9.79. The van der Waals surface area contributed by atoms with Crippen molar-refractivity contribution in [3.63, 3.8) is 0 Å². The normalized spacial score (nSPS) is 11.0. The van der Waals surface area contributed by atoms with Crippen molar-refractivity contribution in [1.29, 1.82) is 0 Å². The van der Waals surface area contributed by atoms with Gasteiger partial charge in [-0.25, -0.2) is 4.98 Å². The third kappa shape index (κ3) is 4.66. The number of carbonyl (C=O) groups is 1. The highest BCUT2D eigenvalue weighted by Gasteiger charge is 2.14. The lowest BCUT2D eigenvalue weighted by Gasteiger charge is -2.13. The summed E-state index contributed by atoms with van der Waals surface area (Å²) in [6.07, 6.45) is 0.976. The standard InChI is InChI=1S/C24H21Cl2N3O/c25-19-9-6-10-20(26)18(19)16-29-22-12-5-4-11-21(22)28-23(29)13-14-27-24(30)15-17-7-2-1-3-8-17/h1-12H,13-16H2,(H,27,30). The highest BCUT2D eigenvalue weighted by Crippen LogP contribution is 2.27. The number of fused-ring (bicyclic) bond motifs is 1. The van der Waals surface area contributed by atoms with E-state index in [1.54, 1.807) is 0 Å². The highest BCUT2D eigenvalue weighted by molar-refractivity contribution is 6.36. The summed E-state index contributed by atoms with van der Waals surface area (Å²) in [5.74, 6) is 0.880. The van der Waals surface area contributed by atoms with Crippen molar-refractivity contribution in [2.45, 2.75) is 19.4 Å². The average molecular weight is 438 g/mol. The van der Waals surface area contributed by atoms with Gasteiger partial charge in [-0.05, 0) is 29.8 Å². The van der Waals surface area contributed by atoms with Crippen molar-refractivity contribution in [2.75, 3.05) is 6.54 Å². The Bertz CT molecular complexity index is 1150. The first-order chi connectivity index (χ1) is 14.6. The van der Waals surface area contributed by atoms with E-state index in [-0.39, 0.29) is 5.91 Å². The molecule has 0 saturated carbocycles. The fourth-order valence-corrected chi connectivity index (χ4v) is 4.01. The van der Waals surface area contributed by atoms with Gasteiger partial charge in [0.05, 0.1) is 24.0 Å². The lowest BCUT2D eigenvalue weighted by molar-refractivity contribution is -0.120. The van der Waals surface area contributed by atoms with Crippen molar-refractivity contribution in [1.82, 2.24) is 14.9 Å². The molecule has 4 aromatic rings. The summed E-state index contributed by atoms with van der Waals surface area (Å²) < 4.78 is 2.12. The van der Waals surface area contributed by atoms with Crippen LogP contribution in [-0.2, 0) is 24.2 Å². The number of amides is 1. The molecule has 0 aliphatic rings. The number of aromatic nitrogens is 2. The zero-order chi connectivity index (χ0) is 20.9. The molecule has 0 saturated heterocycles. The molecule has 1 N–H and O–H groups in total. The minimum Gasteiger partial charge on any atom is -0.355 e. The number of hydrogen-bond donors (Lipinski definition) is 1. The predicted molar refractivity (Wildman–Crippen MR) is 122 cm³/mol. The van der Waals surface area contributed by atoms with E-state index in [1.165, 1.54) is 0 Å². The Morgan fingerprint density at radius 3 is 2.37 bits per heavy atom. The number of benzene rings is 3. The average Bonchev–Trinajstić information content (AvgIpc) is 3.09. The smallest absolute Gasteiger partial charge is 0.224 e. The lowest BCUT2D eigenvalue weighted by atomic mass is 10.1. The second-order valence-corrected chi connectivity index (χ2v) is 7.88. The Morgan fingerprint density at radius 2 is 1.60 bits per heavy atom. The number of halogens is 2. The Labute approximate surface area is 185 Å². The third-order valence-electron chi connectivity index (χ3n) is 4.99. The van der Waals surface area contributed by atoms with E-state index in [4.69, 9.17) is 28.2 Å². The van der Waals surface area contributed by atoms with Crippen molar-refractivity contribution >= 4 is 40.1 Å². The summed E-state index contributed by atoms with van der Waals surface area (Å²) in [5, 5.41) is 4.25. The van der Waals surface area contributed by atoms with Crippen LogP contribution in [-0.4, -0.2) is 22.0 Å². The number of rotatable bonds is 7. The summed E-state index contributed by atoms with van der Waals surface area (Å²) in [4.78, 5) is 17.0. The van der Waals surface area contributed by atoms with Crippen molar-refractivity contribution in [3.8, 4) is 0 Å². The molecule has 0 unspecified atom stereocenters. The molecule has 1 amide bonds. The van der Waals surface area contributed by atoms with Gasteiger partial charge in [0.2, 0.25) is 5.91 Å². The molecule has 0 aliphatic heterocycles. The van der Waals surface area contributed by atoms with Crippen LogP contribution >= 0.6 is 23.2 Å². The van der Waals surface area contributed by atoms with Gasteiger partial charge in [0, 0.05) is 28.6 Å². The summed E-state index contributed by atoms with van der Waals surface area (Å²) >= 11 is 12.8. The van der Waals surface area contributed by atoms with Crippen LogP contribution in [0.1, 0.15) is 17.0 Å². The third-order valence-corrected chi connectivity index (χ3v) is 5.70. The Morgan fingerprint density at radius 1 is 0.900 bits per heavy atom. The summed E-state index contributed by atoms with van der Waals surface area (Å²) in [6, 6.07) is 23.2. The fraction of sp³-hybridized carbons (Fsp3) is 0.167. The molecule has 4 nitrogen and oxygen atoms in total. The second-order valence-electron chi connectivity index (χ2n) is 7.07. The SMILES string of the molecule is O=C(Cc1ccccc1)NCCc1nc2ccccc2n1Cc1c(Cl)cccc1Cl. The Hall–Kier alpha value is -2.82. The second kappa shape index (κ2) is 9.33. The van der Waals surface area contributed by atoms with Gasteiger partial charge >= 0.3 is 0 Å². The molecular formula is C24H21Cl2N3O. The van der Waals surface area contributed by atoms with Crippen LogP contribution in [0.2, 0.25) is 10.0 Å². The van der Waals surface area contributed by atoms with Gasteiger partial charge in [0.25, 0.3) is 0 Å². The first kappa shape index (κ1) is 20.5. The first-order valence-corrected chi connectivity index (χ1v) is 10.5. The number of nitrogens with zero attached hydrogens (tertiary/aromatic N) is 2. The molecule has 0 spiro atoms. The molecule has 1 heterocycles. The summed E-state index contributed by atoms with van der Waals surface area (Å²) in [5.41, 5.74) is 3.78. The van der Waals surface area contributed by atoms with Crippen molar-refractivity contribution in [3.05, 3.63) is 99.8 Å². The molecule has 0 aliphatic carbocycles. The van der Waals surface area contributed by atoms with Gasteiger partial charge in [-0.2, -0.15) is 0 Å². The zero-order valence-corrected chi connectivity index (χ0v) is 17.8. The number of para-hydroxylation sites is 2. The molecule has 152 valence electrons. The van der Waals surface area contributed by atoms with Crippen LogP contribution in [0, 0.1) is 0 Å². The van der Waals surface area contributed by atoms with E-state index in [9.17, 15) is 4.79 Å². The maximum Gasteiger partial charge on any atom is 0.224 e. The molecule has 4 rings (SSSR count). The van der Waals surface area contributed by atoms with Crippen LogP contribution in [0.4, 0.5) is 0 Å². The molecule has 6 heteroatoms. The van der Waals surface area contributed by atoms with Gasteiger partial charge in [0.1, 0.15) is 5.82 Å². The van der Waals surface area contributed by atoms with E-state index < -0.39 is 0 Å². The molecule has 3 aromatic carbocycles. The van der Waals surface area contributed by atoms with Gasteiger partial charge < -0.3 is 9.88 Å². The number of nitrogens with one attached hydrogen (secondary N) is 1. The van der Waals surface area contributed by atoms with Crippen LogP contribution in [0.25, 0.3) is 11.0 Å². The number of carbonyl (C=O) groups excluding carboxylic acids is 1.